The lowest BCUT2D eigenvalue weighted by Gasteiger charge is -2.06. The van der Waals surface area contributed by atoms with Gasteiger partial charge in [0.05, 0.1) is 41.2 Å². The molecule has 0 aliphatic carbocycles. The summed E-state index contributed by atoms with van der Waals surface area (Å²) in [7, 11) is -2.24. The molecule has 1 aromatic heterocycles. The minimum absolute atomic E-state index is 0.0588. The van der Waals surface area contributed by atoms with Gasteiger partial charge in [0, 0.05) is 17.3 Å². The number of carbonyl (C=O) groups excluding carboxylic acids is 1. The van der Waals surface area contributed by atoms with Crippen LogP contribution in [0.1, 0.15) is 5.56 Å². The Morgan fingerprint density at radius 3 is 2.53 bits per heavy atom. The Hall–Kier alpha value is -2.62. The first kappa shape index (κ1) is 22.1. The number of sulfonamides is 1. The molecule has 0 aliphatic rings. The second-order valence-electron chi connectivity index (χ2n) is 6.37. The van der Waals surface area contributed by atoms with E-state index in [1.54, 1.807) is 30.5 Å². The van der Waals surface area contributed by atoms with E-state index in [1.807, 2.05) is 4.72 Å². The molecule has 0 bridgehead atoms. The Kier molecular flexibility index (Phi) is 6.35. The lowest BCUT2D eigenvalue weighted by atomic mass is 10.1. The number of halogens is 3. The molecule has 3 aromatic rings. The summed E-state index contributed by atoms with van der Waals surface area (Å²) < 4.78 is 45.2. The van der Waals surface area contributed by atoms with Crippen molar-refractivity contribution in [3.63, 3.8) is 0 Å². The number of amides is 1. The van der Waals surface area contributed by atoms with Crippen LogP contribution in [0.4, 0.5) is 4.39 Å². The number of ether oxygens (including phenoxy) is 1. The molecular formula is C19H16Cl2FN3O4S. The topological polar surface area (TPSA) is 90.3 Å². The molecule has 7 nitrogen and oxygen atoms in total. The predicted molar refractivity (Wildman–Crippen MR) is 112 cm³/mol. The molecule has 30 heavy (non-hydrogen) atoms. The Morgan fingerprint density at radius 2 is 1.93 bits per heavy atom. The smallest absolute Gasteiger partial charge is 0.237 e. The molecule has 0 saturated heterocycles. The fourth-order valence-electron chi connectivity index (χ4n) is 2.77. The summed E-state index contributed by atoms with van der Waals surface area (Å²) >= 11 is 11.9. The van der Waals surface area contributed by atoms with Crippen LogP contribution in [-0.4, -0.2) is 37.5 Å². The predicted octanol–water partition coefficient (Wildman–Crippen LogP) is 3.61. The first-order valence-electron chi connectivity index (χ1n) is 8.46. The van der Waals surface area contributed by atoms with Crippen LogP contribution in [0, 0.1) is 5.82 Å². The molecule has 2 aromatic carbocycles. The van der Waals surface area contributed by atoms with E-state index in [9.17, 15) is 17.6 Å². The van der Waals surface area contributed by atoms with Gasteiger partial charge in [0.25, 0.3) is 0 Å². The van der Waals surface area contributed by atoms with Crippen LogP contribution in [0.3, 0.4) is 0 Å². The largest absolute Gasteiger partial charge is 0.495 e. The molecule has 0 atom stereocenters. The van der Waals surface area contributed by atoms with Gasteiger partial charge in [-0.2, -0.15) is 5.10 Å². The van der Waals surface area contributed by atoms with E-state index < -0.39 is 21.7 Å². The molecule has 1 N–H and O–H groups in total. The maximum Gasteiger partial charge on any atom is 0.237 e. The van der Waals surface area contributed by atoms with E-state index in [0.29, 0.717) is 33.3 Å². The summed E-state index contributed by atoms with van der Waals surface area (Å²) in [6.45, 7) is 0. The third kappa shape index (κ3) is 5.10. The number of hydrogen-bond acceptors (Lipinski definition) is 5. The van der Waals surface area contributed by atoms with Crippen molar-refractivity contribution >= 4 is 39.1 Å². The van der Waals surface area contributed by atoms with E-state index in [-0.39, 0.29) is 11.4 Å². The number of aromatic nitrogens is 2. The maximum absolute atomic E-state index is 14.0. The second-order valence-corrected chi connectivity index (χ2v) is 8.93. The average molecular weight is 472 g/mol. The number of hydrogen-bond donors (Lipinski definition) is 1. The second kappa shape index (κ2) is 8.63. The normalized spacial score (nSPS) is 11.4. The molecule has 0 fully saturated rings. The molecule has 1 heterocycles. The fraction of sp³-hybridized carbons (Fsp3) is 0.158. The van der Waals surface area contributed by atoms with Gasteiger partial charge >= 0.3 is 0 Å². The standard InChI is InChI=1S/C19H16Cl2FN3O4S/c1-29-17-6-4-13(9-15(17)21)25-10-12(8-18(26)24-30(2,27)28)19(23-25)11-3-5-14(20)16(22)7-11/h3-7,9-10H,8H2,1-2H3,(H,24,26). The number of benzene rings is 2. The van der Waals surface area contributed by atoms with Crippen molar-refractivity contribution in [2.24, 2.45) is 0 Å². The molecule has 0 radical (unpaired) electrons. The first-order valence-corrected chi connectivity index (χ1v) is 11.1. The van der Waals surface area contributed by atoms with Crippen molar-refractivity contribution < 1.29 is 22.3 Å². The minimum Gasteiger partial charge on any atom is -0.495 e. The van der Waals surface area contributed by atoms with Gasteiger partial charge in [-0.05, 0) is 30.3 Å². The zero-order valence-electron chi connectivity index (χ0n) is 15.8. The highest BCUT2D eigenvalue weighted by molar-refractivity contribution is 7.89. The van der Waals surface area contributed by atoms with Crippen molar-refractivity contribution in [2.75, 3.05) is 13.4 Å². The van der Waals surface area contributed by atoms with E-state index in [0.717, 1.165) is 6.26 Å². The summed E-state index contributed by atoms with van der Waals surface area (Å²) in [6, 6.07) is 9.07. The Balaban J connectivity index is 2.07. The lowest BCUT2D eigenvalue weighted by Crippen LogP contribution is -2.30. The maximum atomic E-state index is 14.0. The van der Waals surface area contributed by atoms with E-state index in [4.69, 9.17) is 27.9 Å². The molecule has 0 aliphatic heterocycles. The lowest BCUT2D eigenvalue weighted by molar-refractivity contribution is -0.118. The summed E-state index contributed by atoms with van der Waals surface area (Å²) in [4.78, 5) is 12.2. The zero-order valence-corrected chi connectivity index (χ0v) is 18.1. The number of carbonyl (C=O) groups is 1. The molecule has 158 valence electrons. The van der Waals surface area contributed by atoms with Crippen LogP contribution in [0.25, 0.3) is 16.9 Å². The molecule has 1 amide bonds. The number of rotatable bonds is 6. The zero-order chi connectivity index (χ0) is 22.1. The van der Waals surface area contributed by atoms with Crippen molar-refractivity contribution in [1.29, 1.82) is 0 Å². The van der Waals surface area contributed by atoms with Crippen LogP contribution in [0.15, 0.2) is 42.6 Å². The van der Waals surface area contributed by atoms with Gasteiger partial charge in [-0.15, -0.1) is 0 Å². The number of nitrogens with zero attached hydrogens (tertiary/aromatic N) is 2. The quantitative estimate of drug-likeness (QED) is 0.592. The fourth-order valence-corrected chi connectivity index (χ4v) is 3.63. The average Bonchev–Trinajstić information content (AvgIpc) is 3.06. The first-order chi connectivity index (χ1) is 14.1. The summed E-state index contributed by atoms with van der Waals surface area (Å²) in [5.74, 6) is -0.927. The summed E-state index contributed by atoms with van der Waals surface area (Å²) in [5.41, 5.74) is 1.61. The van der Waals surface area contributed by atoms with Crippen LogP contribution in [0.2, 0.25) is 10.0 Å². The van der Waals surface area contributed by atoms with E-state index >= 15 is 0 Å². The van der Waals surface area contributed by atoms with Crippen LogP contribution < -0.4 is 9.46 Å². The molecule has 0 unspecified atom stereocenters. The third-order valence-corrected chi connectivity index (χ3v) is 5.23. The molecule has 3 rings (SSSR count). The van der Waals surface area contributed by atoms with Gasteiger partial charge in [0.1, 0.15) is 11.6 Å². The SMILES string of the molecule is COc1ccc(-n2cc(CC(=O)NS(C)(=O)=O)c(-c3ccc(Cl)c(F)c3)n2)cc1Cl. The van der Waals surface area contributed by atoms with Gasteiger partial charge < -0.3 is 4.74 Å². The van der Waals surface area contributed by atoms with Crippen LogP contribution >= 0.6 is 23.2 Å². The van der Waals surface area contributed by atoms with Crippen molar-refractivity contribution in [2.45, 2.75) is 6.42 Å². The monoisotopic (exact) mass is 471 g/mol. The summed E-state index contributed by atoms with van der Waals surface area (Å²) in [5, 5.41) is 4.73. The minimum atomic E-state index is -3.73. The highest BCUT2D eigenvalue weighted by Gasteiger charge is 2.18. The number of nitrogens with one attached hydrogen (secondary N) is 1. The number of methoxy groups -OCH3 is 1. The summed E-state index contributed by atoms with van der Waals surface area (Å²) in [6.07, 6.45) is 2.13. The van der Waals surface area contributed by atoms with Crippen molar-refractivity contribution in [3.8, 4) is 22.7 Å². The highest BCUT2D eigenvalue weighted by Crippen LogP contribution is 2.30. The third-order valence-electron chi connectivity index (χ3n) is 4.03. The van der Waals surface area contributed by atoms with E-state index in [1.165, 1.54) is 23.9 Å². The van der Waals surface area contributed by atoms with Gasteiger partial charge in [-0.1, -0.05) is 29.3 Å². The molecule has 0 saturated carbocycles. The Labute approximate surface area is 182 Å². The Morgan fingerprint density at radius 1 is 1.20 bits per heavy atom. The van der Waals surface area contributed by atoms with Gasteiger partial charge in [-0.3, -0.25) is 9.52 Å². The van der Waals surface area contributed by atoms with Crippen LogP contribution in [-0.2, 0) is 21.2 Å². The van der Waals surface area contributed by atoms with E-state index in [2.05, 4.69) is 5.10 Å². The van der Waals surface area contributed by atoms with Crippen LogP contribution in [0.5, 0.6) is 5.75 Å². The molecular weight excluding hydrogens is 456 g/mol. The Bertz CT molecular complexity index is 1230. The molecule has 0 spiro atoms. The van der Waals surface area contributed by atoms with Gasteiger partial charge in [0.15, 0.2) is 0 Å². The van der Waals surface area contributed by atoms with Crippen molar-refractivity contribution in [1.82, 2.24) is 14.5 Å². The highest BCUT2D eigenvalue weighted by atomic mass is 35.5. The van der Waals surface area contributed by atoms with Crippen molar-refractivity contribution in [3.05, 3.63) is 64.0 Å². The van der Waals surface area contributed by atoms with Gasteiger partial charge in [-0.25, -0.2) is 17.5 Å². The molecule has 11 heteroatoms. The van der Waals surface area contributed by atoms with Gasteiger partial charge in [0.2, 0.25) is 15.9 Å².